The van der Waals surface area contributed by atoms with E-state index in [1.807, 2.05) is 0 Å². The third-order valence-corrected chi connectivity index (χ3v) is 3.22. The topological polar surface area (TPSA) is 119 Å². The summed E-state index contributed by atoms with van der Waals surface area (Å²) in [5.41, 5.74) is 0. The zero-order valence-electron chi connectivity index (χ0n) is 16.5. The van der Waals surface area contributed by atoms with E-state index in [0.29, 0.717) is 5.75 Å². The molecule has 0 fully saturated rings. The minimum atomic E-state index is -1.41. The van der Waals surface area contributed by atoms with Gasteiger partial charge in [-0.3, -0.25) is 0 Å². The average molecular weight is 428 g/mol. The van der Waals surface area contributed by atoms with Crippen molar-refractivity contribution in [1.82, 2.24) is 0 Å². The van der Waals surface area contributed by atoms with Gasteiger partial charge in [0, 0.05) is 0 Å². The van der Waals surface area contributed by atoms with Crippen LogP contribution >= 0.6 is 0 Å². The Morgan fingerprint density at radius 2 is 1.73 bits per heavy atom. The van der Waals surface area contributed by atoms with Gasteiger partial charge < -0.3 is 34.7 Å². The number of aliphatic hydroxyl groups excluding tert-OH is 3. The van der Waals surface area contributed by atoms with Gasteiger partial charge in [-0.05, 0) is 42.5 Å². The number of halogens is 1. The molecule has 0 bridgehead atoms. The molecule has 3 atom stereocenters. The molecule has 30 heavy (non-hydrogen) atoms. The van der Waals surface area contributed by atoms with Gasteiger partial charge in [0.1, 0.15) is 36.5 Å². The Labute approximate surface area is 196 Å². The normalized spacial score (nSPS) is 14.1. The van der Waals surface area contributed by atoms with Crippen LogP contribution in [0.25, 0.3) is 0 Å². The summed E-state index contributed by atoms with van der Waals surface area (Å²) in [5.74, 6) is 3.99. The van der Waals surface area contributed by atoms with Gasteiger partial charge in [0.15, 0.2) is 0 Å². The molecule has 0 heterocycles. The zero-order valence-corrected chi connectivity index (χ0v) is 18.5. The maximum absolute atomic E-state index is 12.8. The number of aliphatic carboxylic acids is 1. The number of carboxylic acid groups (broad SMARTS) is 1. The molecule has 0 amide bonds. The predicted molar refractivity (Wildman–Crippen MR) is 101 cm³/mol. The van der Waals surface area contributed by atoms with Crippen molar-refractivity contribution >= 4 is 5.97 Å². The number of hydrogen-bond donors (Lipinski definition) is 3. The molecule has 1 aromatic rings. The fourth-order valence-electron chi connectivity index (χ4n) is 1.79. The number of benzene rings is 1. The molecule has 156 valence electrons. The Morgan fingerprint density at radius 3 is 2.40 bits per heavy atom. The van der Waals surface area contributed by atoms with Crippen molar-refractivity contribution in [2.75, 3.05) is 19.8 Å². The van der Waals surface area contributed by atoms with E-state index in [9.17, 15) is 29.6 Å². The van der Waals surface area contributed by atoms with Crippen molar-refractivity contribution in [2.45, 2.75) is 18.3 Å². The molecule has 1 aromatic carbocycles. The Bertz CT molecular complexity index is 766. The van der Waals surface area contributed by atoms with E-state index < -0.39 is 30.9 Å². The van der Waals surface area contributed by atoms with Gasteiger partial charge in [0.05, 0.1) is 19.2 Å². The van der Waals surface area contributed by atoms with Crippen molar-refractivity contribution in [1.29, 1.82) is 0 Å². The zero-order chi connectivity index (χ0) is 21.5. The molecule has 9 heteroatoms. The van der Waals surface area contributed by atoms with Gasteiger partial charge in [-0.15, -0.1) is 0 Å². The summed E-state index contributed by atoms with van der Waals surface area (Å²) in [7, 11) is 0. The van der Waals surface area contributed by atoms with Crippen LogP contribution in [0, 0.1) is 17.7 Å². The van der Waals surface area contributed by atoms with E-state index >= 15 is 0 Å². The van der Waals surface area contributed by atoms with E-state index in [4.69, 9.17) is 4.74 Å². The molecule has 0 spiro atoms. The number of hydrogen-bond acceptors (Lipinski definition) is 7. The molecule has 0 aliphatic carbocycles. The summed E-state index contributed by atoms with van der Waals surface area (Å²) in [6.07, 6.45) is 5.24. The summed E-state index contributed by atoms with van der Waals surface area (Å²) in [6, 6.07) is 5.43. The molecule has 0 aliphatic heterocycles. The van der Waals surface area contributed by atoms with Gasteiger partial charge in [-0.2, -0.15) is 0 Å². The summed E-state index contributed by atoms with van der Waals surface area (Å²) in [4.78, 5) is 10.2. The first kappa shape index (κ1) is 28.0. The van der Waals surface area contributed by atoms with E-state index in [1.165, 1.54) is 60.7 Å². The second kappa shape index (κ2) is 16.8. The summed E-state index contributed by atoms with van der Waals surface area (Å²) in [6.45, 7) is -1.01. The van der Waals surface area contributed by atoms with Crippen LogP contribution < -0.4 is 39.4 Å². The smallest absolute Gasteiger partial charge is 0.548 e. The molecule has 0 aliphatic rings. The summed E-state index contributed by atoms with van der Waals surface area (Å²) < 4.78 is 22.7. The van der Waals surface area contributed by atoms with E-state index in [2.05, 4.69) is 16.6 Å². The molecular weight excluding hydrogens is 406 g/mol. The third-order valence-electron chi connectivity index (χ3n) is 3.22. The Kier molecular flexibility index (Phi) is 15.7. The summed E-state index contributed by atoms with van der Waals surface area (Å²) in [5, 5.41) is 39.0. The van der Waals surface area contributed by atoms with E-state index in [0.717, 1.165) is 0 Å². The van der Waals surface area contributed by atoms with Crippen molar-refractivity contribution in [2.24, 2.45) is 0 Å². The van der Waals surface area contributed by atoms with Crippen molar-refractivity contribution < 1.29 is 68.6 Å². The Hall–Kier alpha value is -1.96. The molecular formula is C21H22FNaO7. The number of carbonyl (C=O) groups is 1. The van der Waals surface area contributed by atoms with Crippen molar-refractivity contribution in [3.05, 3.63) is 66.5 Å². The minimum Gasteiger partial charge on any atom is -0.548 e. The molecule has 0 radical (unpaired) electrons. The Balaban J connectivity index is 0.00000841. The number of allylic oxidation sites excluding steroid dienone is 4. The SMILES string of the molecule is O=C([O-])COC[C@H](O)[C@H](O)/C=C/C=C/C#C/C=C/[C@H](O)COc1ccc(F)cc1.[Na+]. The number of rotatable bonds is 11. The Morgan fingerprint density at radius 1 is 1.07 bits per heavy atom. The second-order valence-electron chi connectivity index (χ2n) is 5.67. The maximum Gasteiger partial charge on any atom is 1.00 e. The monoisotopic (exact) mass is 428 g/mol. The first-order chi connectivity index (χ1) is 13.9. The van der Waals surface area contributed by atoms with Crippen LogP contribution in [0.2, 0.25) is 0 Å². The van der Waals surface area contributed by atoms with Crippen LogP contribution in [0.5, 0.6) is 5.75 Å². The van der Waals surface area contributed by atoms with E-state index in [1.54, 1.807) is 0 Å². The number of ether oxygens (including phenoxy) is 2. The first-order valence-corrected chi connectivity index (χ1v) is 8.59. The maximum atomic E-state index is 12.8. The summed E-state index contributed by atoms with van der Waals surface area (Å²) >= 11 is 0. The van der Waals surface area contributed by atoms with Gasteiger partial charge in [0.25, 0.3) is 0 Å². The molecule has 3 N–H and O–H groups in total. The molecule has 1 rings (SSSR count). The van der Waals surface area contributed by atoms with Crippen LogP contribution in [0.3, 0.4) is 0 Å². The van der Waals surface area contributed by atoms with Crippen LogP contribution in [-0.4, -0.2) is 59.4 Å². The fraction of sp³-hybridized carbons (Fsp3) is 0.286. The average Bonchev–Trinajstić information content (AvgIpc) is 2.69. The van der Waals surface area contributed by atoms with Gasteiger partial charge in [-0.25, -0.2) is 4.39 Å². The van der Waals surface area contributed by atoms with Crippen LogP contribution in [-0.2, 0) is 9.53 Å². The molecule has 0 saturated heterocycles. The van der Waals surface area contributed by atoms with Crippen LogP contribution in [0.1, 0.15) is 0 Å². The van der Waals surface area contributed by atoms with Gasteiger partial charge in [-0.1, -0.05) is 30.1 Å². The minimum absolute atomic E-state index is 0. The van der Waals surface area contributed by atoms with Crippen LogP contribution in [0.4, 0.5) is 4.39 Å². The van der Waals surface area contributed by atoms with E-state index in [-0.39, 0.29) is 48.6 Å². The van der Waals surface area contributed by atoms with Gasteiger partial charge in [0.2, 0.25) is 0 Å². The number of aliphatic hydroxyl groups is 3. The molecule has 0 saturated carbocycles. The fourth-order valence-corrected chi connectivity index (χ4v) is 1.79. The molecule has 7 nitrogen and oxygen atoms in total. The molecule has 0 aromatic heterocycles. The third kappa shape index (κ3) is 14.1. The van der Waals surface area contributed by atoms with Crippen molar-refractivity contribution in [3.63, 3.8) is 0 Å². The van der Waals surface area contributed by atoms with Crippen molar-refractivity contribution in [3.8, 4) is 17.6 Å². The predicted octanol–water partition coefficient (Wildman–Crippen LogP) is -3.27. The molecule has 0 unspecified atom stereocenters. The van der Waals surface area contributed by atoms with Gasteiger partial charge >= 0.3 is 29.6 Å². The number of carboxylic acids is 1. The standard InChI is InChI=1S/C21H23FO7.Na/c22-16-9-11-18(12-10-16)29-13-17(23)7-5-3-1-2-4-6-8-19(24)20(25)14-28-15-21(26)27;/h2,4-12,17,19-20,23-25H,13-15H2,(H,26,27);/q;+1/p-1/b4-2+,7-5+,8-6+;/t17-,19+,20-;/m0./s1. The largest absolute Gasteiger partial charge is 1.00 e. The number of carbonyl (C=O) groups excluding carboxylic acids is 1. The second-order valence-corrected chi connectivity index (χ2v) is 5.67. The quantitative estimate of drug-likeness (QED) is 0.192. The van der Waals surface area contributed by atoms with Crippen LogP contribution in [0.15, 0.2) is 60.7 Å². The first-order valence-electron chi connectivity index (χ1n) is 8.59.